The number of anilines is 1. The summed E-state index contributed by atoms with van der Waals surface area (Å²) in [6.45, 7) is 4.18. The molecule has 3 rings (SSSR count). The van der Waals surface area contributed by atoms with Gasteiger partial charge in [-0.25, -0.2) is 0 Å². The normalized spacial score (nSPS) is 24.1. The molecule has 2 aliphatic rings. The van der Waals surface area contributed by atoms with Crippen molar-refractivity contribution in [1.82, 2.24) is 19.9 Å². The van der Waals surface area contributed by atoms with Crippen LogP contribution in [0.15, 0.2) is 0 Å². The topological polar surface area (TPSA) is 54.4 Å². The average Bonchev–Trinajstić information content (AvgIpc) is 2.46. The summed E-state index contributed by atoms with van der Waals surface area (Å²) < 4.78 is 5.05. The number of nitrogens with zero attached hydrogens (tertiary/aromatic N) is 5. The van der Waals surface area contributed by atoms with E-state index in [0.29, 0.717) is 12.0 Å². The Balaban J connectivity index is 1.77. The average molecular weight is 284 g/mol. The van der Waals surface area contributed by atoms with Crippen molar-refractivity contribution in [2.24, 2.45) is 0 Å². The Hall–Kier alpha value is -1.14. The Morgan fingerprint density at radius 2 is 2.05 bits per heavy atom. The van der Waals surface area contributed by atoms with Gasteiger partial charge >= 0.3 is 6.01 Å². The lowest BCUT2D eigenvalue weighted by Gasteiger charge is -2.43. The molecule has 0 aliphatic carbocycles. The molecule has 0 aromatic carbocycles. The summed E-state index contributed by atoms with van der Waals surface area (Å²) in [4.78, 5) is 17.2. The minimum Gasteiger partial charge on any atom is -0.467 e. The molecule has 1 aromatic rings. The number of hydrogen-bond acceptors (Lipinski definition) is 6. The fourth-order valence-corrected chi connectivity index (χ4v) is 3.04. The Bertz CT molecular complexity index is 458. The lowest BCUT2D eigenvalue weighted by atomic mass is 10.00. The van der Waals surface area contributed by atoms with Gasteiger partial charge in [-0.05, 0) is 31.0 Å². The summed E-state index contributed by atoms with van der Waals surface area (Å²) in [6, 6.07) is 0.894. The largest absolute Gasteiger partial charge is 0.467 e. The summed E-state index contributed by atoms with van der Waals surface area (Å²) >= 11 is 5.91. The smallest absolute Gasteiger partial charge is 0.322 e. The Morgan fingerprint density at radius 1 is 1.16 bits per heavy atom. The number of fused-ring (bicyclic) bond motifs is 1. The van der Waals surface area contributed by atoms with Gasteiger partial charge in [-0.15, -0.1) is 0 Å². The molecule has 7 heteroatoms. The predicted molar refractivity (Wildman–Crippen MR) is 72.8 cm³/mol. The van der Waals surface area contributed by atoms with Gasteiger partial charge in [0, 0.05) is 25.7 Å². The van der Waals surface area contributed by atoms with Crippen LogP contribution in [0, 0.1) is 0 Å². The van der Waals surface area contributed by atoms with Crippen LogP contribution in [-0.2, 0) is 0 Å². The number of piperazine rings is 1. The van der Waals surface area contributed by atoms with Gasteiger partial charge in [0.1, 0.15) is 0 Å². The molecule has 0 N–H and O–H groups in total. The second kappa shape index (κ2) is 5.46. The first-order valence-corrected chi connectivity index (χ1v) is 7.08. The third kappa shape index (κ3) is 2.74. The van der Waals surface area contributed by atoms with Crippen LogP contribution in [0.1, 0.15) is 19.3 Å². The SMILES string of the molecule is COc1nc(Cl)nc(N2CCN3CCCCC3C2)n1. The second-order valence-electron chi connectivity index (χ2n) is 5.02. The maximum absolute atomic E-state index is 5.91. The maximum Gasteiger partial charge on any atom is 0.322 e. The monoisotopic (exact) mass is 283 g/mol. The number of halogens is 1. The van der Waals surface area contributed by atoms with Crippen LogP contribution >= 0.6 is 11.6 Å². The van der Waals surface area contributed by atoms with Crippen molar-refractivity contribution in [3.63, 3.8) is 0 Å². The van der Waals surface area contributed by atoms with Crippen LogP contribution < -0.4 is 9.64 Å². The van der Waals surface area contributed by atoms with Crippen LogP contribution in [0.5, 0.6) is 6.01 Å². The summed E-state index contributed by atoms with van der Waals surface area (Å²) in [5.41, 5.74) is 0. The molecule has 2 fully saturated rings. The first-order valence-electron chi connectivity index (χ1n) is 6.71. The van der Waals surface area contributed by atoms with Crippen molar-refractivity contribution in [3.05, 3.63) is 5.28 Å². The van der Waals surface area contributed by atoms with E-state index in [1.54, 1.807) is 0 Å². The molecule has 1 atom stereocenters. The highest BCUT2D eigenvalue weighted by atomic mass is 35.5. The van der Waals surface area contributed by atoms with Gasteiger partial charge in [-0.2, -0.15) is 15.0 Å². The number of hydrogen-bond donors (Lipinski definition) is 0. The summed E-state index contributed by atoms with van der Waals surface area (Å²) in [5, 5.41) is 0.188. The van der Waals surface area contributed by atoms with Crippen molar-refractivity contribution in [3.8, 4) is 6.01 Å². The van der Waals surface area contributed by atoms with Crippen molar-refractivity contribution in [1.29, 1.82) is 0 Å². The number of ether oxygens (including phenoxy) is 1. The number of methoxy groups -OCH3 is 1. The van der Waals surface area contributed by atoms with E-state index in [0.717, 1.165) is 19.6 Å². The van der Waals surface area contributed by atoms with Gasteiger partial charge in [0.2, 0.25) is 11.2 Å². The fourth-order valence-electron chi connectivity index (χ4n) is 2.89. The fraction of sp³-hybridized carbons (Fsp3) is 0.750. The molecule has 0 spiro atoms. The standard InChI is InChI=1S/C12H18ClN5O/c1-19-12-15-10(13)14-11(16-12)18-7-6-17-5-3-2-4-9(17)8-18/h9H,2-8H2,1H3. The molecule has 19 heavy (non-hydrogen) atoms. The number of aromatic nitrogens is 3. The third-order valence-corrected chi connectivity index (χ3v) is 4.05. The summed E-state index contributed by atoms with van der Waals surface area (Å²) in [6.07, 6.45) is 3.89. The molecule has 2 aliphatic heterocycles. The molecule has 3 heterocycles. The Kier molecular flexibility index (Phi) is 3.70. The molecule has 6 nitrogen and oxygen atoms in total. The van der Waals surface area contributed by atoms with E-state index in [1.165, 1.54) is 32.9 Å². The minimum atomic E-state index is 0.188. The van der Waals surface area contributed by atoms with Crippen LogP contribution in [0.3, 0.4) is 0 Å². The van der Waals surface area contributed by atoms with E-state index in [1.807, 2.05) is 0 Å². The number of rotatable bonds is 2. The van der Waals surface area contributed by atoms with E-state index in [9.17, 15) is 0 Å². The lowest BCUT2D eigenvalue weighted by molar-refractivity contribution is 0.132. The van der Waals surface area contributed by atoms with Gasteiger partial charge < -0.3 is 9.64 Å². The molecular formula is C12H18ClN5O. The van der Waals surface area contributed by atoms with Crippen molar-refractivity contribution < 1.29 is 4.74 Å². The number of piperidine rings is 1. The van der Waals surface area contributed by atoms with Gasteiger partial charge in [-0.1, -0.05) is 6.42 Å². The molecule has 104 valence electrons. The molecule has 2 saturated heterocycles. The van der Waals surface area contributed by atoms with Crippen LogP contribution in [0.4, 0.5) is 5.95 Å². The van der Waals surface area contributed by atoms with Crippen molar-refractivity contribution in [2.75, 3.05) is 38.2 Å². The molecule has 0 saturated carbocycles. The van der Waals surface area contributed by atoms with Gasteiger partial charge in [0.15, 0.2) is 0 Å². The first kappa shape index (κ1) is 12.9. The molecule has 0 radical (unpaired) electrons. The minimum absolute atomic E-state index is 0.188. The Morgan fingerprint density at radius 3 is 2.89 bits per heavy atom. The predicted octanol–water partition coefficient (Wildman–Crippen LogP) is 1.21. The molecule has 1 aromatic heterocycles. The molecule has 0 amide bonds. The summed E-state index contributed by atoms with van der Waals surface area (Å²) in [5.74, 6) is 0.627. The Labute approximate surface area is 117 Å². The zero-order chi connectivity index (χ0) is 13.2. The molecule has 1 unspecified atom stereocenters. The molecular weight excluding hydrogens is 266 g/mol. The quantitative estimate of drug-likeness (QED) is 0.813. The molecule has 0 bridgehead atoms. The zero-order valence-electron chi connectivity index (χ0n) is 11.0. The van der Waals surface area contributed by atoms with Crippen LogP contribution in [0.25, 0.3) is 0 Å². The van der Waals surface area contributed by atoms with Crippen LogP contribution in [-0.4, -0.2) is 59.2 Å². The third-order valence-electron chi connectivity index (χ3n) is 3.88. The zero-order valence-corrected chi connectivity index (χ0v) is 11.8. The van der Waals surface area contributed by atoms with E-state index >= 15 is 0 Å². The van der Waals surface area contributed by atoms with Gasteiger partial charge in [0.05, 0.1) is 7.11 Å². The van der Waals surface area contributed by atoms with Crippen LogP contribution in [0.2, 0.25) is 5.28 Å². The lowest BCUT2D eigenvalue weighted by Crippen LogP contribution is -2.55. The van der Waals surface area contributed by atoms with Gasteiger partial charge in [-0.3, -0.25) is 4.90 Å². The van der Waals surface area contributed by atoms with E-state index < -0.39 is 0 Å². The summed E-state index contributed by atoms with van der Waals surface area (Å²) in [7, 11) is 1.54. The van der Waals surface area contributed by atoms with Crippen molar-refractivity contribution in [2.45, 2.75) is 25.3 Å². The van der Waals surface area contributed by atoms with Crippen molar-refractivity contribution >= 4 is 17.5 Å². The van der Waals surface area contributed by atoms with E-state index in [2.05, 4.69) is 24.8 Å². The maximum atomic E-state index is 5.91. The highest BCUT2D eigenvalue weighted by molar-refractivity contribution is 6.28. The van der Waals surface area contributed by atoms with E-state index in [-0.39, 0.29) is 11.3 Å². The first-order chi connectivity index (χ1) is 9.26. The second-order valence-corrected chi connectivity index (χ2v) is 5.36. The highest BCUT2D eigenvalue weighted by Gasteiger charge is 2.30. The van der Waals surface area contributed by atoms with Gasteiger partial charge in [0.25, 0.3) is 0 Å². The highest BCUT2D eigenvalue weighted by Crippen LogP contribution is 2.24. The van der Waals surface area contributed by atoms with E-state index in [4.69, 9.17) is 16.3 Å².